The highest BCUT2D eigenvalue weighted by Gasteiger charge is 2.10. The van der Waals surface area contributed by atoms with Crippen LogP contribution in [0.15, 0.2) is 0 Å². The van der Waals surface area contributed by atoms with Crippen LogP contribution in [-0.4, -0.2) is 42.4 Å². The molecule has 0 saturated heterocycles. The first-order valence-electron chi connectivity index (χ1n) is 3.10. The van der Waals surface area contributed by atoms with Crippen LogP contribution in [0, 0.1) is 0 Å². The van der Waals surface area contributed by atoms with Crippen LogP contribution in [0.2, 0.25) is 0 Å². The molecule has 0 bridgehead atoms. The van der Waals surface area contributed by atoms with Crippen LogP contribution in [0.3, 0.4) is 0 Å². The van der Waals surface area contributed by atoms with Crippen LogP contribution in [-0.2, 0) is 9.09 Å². The molecular weight excluding hydrogens is 169 g/mol. The number of hydrogen-bond acceptors (Lipinski definition) is 3. The van der Waals surface area contributed by atoms with Crippen molar-refractivity contribution in [2.24, 2.45) is 0 Å². The van der Waals surface area contributed by atoms with E-state index in [-0.39, 0.29) is 6.61 Å². The van der Waals surface area contributed by atoms with Crippen LogP contribution in [0.5, 0.6) is 0 Å². The molecule has 0 fully saturated rings. The fourth-order valence-electron chi connectivity index (χ4n) is 0.168. The van der Waals surface area contributed by atoms with Crippen molar-refractivity contribution in [1.29, 1.82) is 0 Å². The largest absolute Gasteiger partial charge is 0.469 e. The smallest absolute Gasteiger partial charge is 0.312 e. The topological polar surface area (TPSA) is 70.0 Å². The van der Waals surface area contributed by atoms with Crippen LogP contribution in [0.25, 0.3) is 0 Å². The van der Waals surface area contributed by atoms with Crippen molar-refractivity contribution in [2.45, 2.75) is 6.92 Å². The molecule has 70 valence electrons. The number of hydrogen-bond donors (Lipinski definition) is 2. The first-order chi connectivity index (χ1) is 4.79. The van der Waals surface area contributed by atoms with E-state index in [0.29, 0.717) is 0 Å². The standard InChI is InChI=1S/C3H9N.C2H7O4P/c1-4(2)3;1-2-6-7(3,4)5/h1-3H3;2H2,1H3,(H2,3,4,5). The molecule has 0 amide bonds. The van der Waals surface area contributed by atoms with Gasteiger partial charge in [-0.15, -0.1) is 0 Å². The Labute approximate surface area is 67.2 Å². The summed E-state index contributed by atoms with van der Waals surface area (Å²) in [6, 6.07) is 0. The molecule has 0 aromatic rings. The molecule has 0 unspecified atom stereocenters. The molecule has 6 heteroatoms. The third-order valence-corrected chi connectivity index (χ3v) is 0.892. The summed E-state index contributed by atoms with van der Waals surface area (Å²) in [5.74, 6) is 0. The molecule has 0 aliphatic carbocycles. The van der Waals surface area contributed by atoms with Gasteiger partial charge in [0.1, 0.15) is 0 Å². The van der Waals surface area contributed by atoms with E-state index in [1.807, 2.05) is 26.0 Å². The van der Waals surface area contributed by atoms with Gasteiger partial charge in [0.05, 0.1) is 6.61 Å². The lowest BCUT2D eigenvalue weighted by atomic mass is 10.9. The maximum atomic E-state index is 9.70. The second-order valence-corrected chi connectivity index (χ2v) is 3.49. The highest BCUT2D eigenvalue weighted by Crippen LogP contribution is 2.34. The molecule has 0 radical (unpaired) electrons. The Balaban J connectivity index is 0. The van der Waals surface area contributed by atoms with E-state index < -0.39 is 7.82 Å². The third-order valence-electron chi connectivity index (χ3n) is 0.297. The van der Waals surface area contributed by atoms with Crippen LogP contribution in [0.4, 0.5) is 0 Å². The molecule has 0 aromatic carbocycles. The minimum absolute atomic E-state index is 0.0459. The average Bonchev–Trinajstić information content (AvgIpc) is 1.58. The van der Waals surface area contributed by atoms with Gasteiger partial charge in [0.25, 0.3) is 0 Å². The summed E-state index contributed by atoms with van der Waals surface area (Å²) >= 11 is 0. The van der Waals surface area contributed by atoms with Gasteiger partial charge in [-0.25, -0.2) is 4.57 Å². The second-order valence-electron chi connectivity index (χ2n) is 2.25. The Morgan fingerprint density at radius 3 is 1.64 bits per heavy atom. The van der Waals surface area contributed by atoms with Crippen molar-refractivity contribution >= 4 is 7.82 Å². The SMILES string of the molecule is CCOP(=O)(O)O.CN(C)C. The molecule has 0 heterocycles. The number of rotatable bonds is 2. The number of phosphoric acid groups is 1. The molecule has 0 aliphatic rings. The lowest BCUT2D eigenvalue weighted by Gasteiger charge is -1.98. The van der Waals surface area contributed by atoms with Crippen molar-refractivity contribution in [3.05, 3.63) is 0 Å². The first-order valence-corrected chi connectivity index (χ1v) is 4.63. The molecule has 2 N–H and O–H groups in total. The van der Waals surface area contributed by atoms with E-state index >= 15 is 0 Å². The van der Waals surface area contributed by atoms with Crippen molar-refractivity contribution in [2.75, 3.05) is 27.7 Å². The number of phosphoric ester groups is 1. The fourth-order valence-corrected chi connectivity index (χ4v) is 0.505. The zero-order valence-corrected chi connectivity index (χ0v) is 8.21. The van der Waals surface area contributed by atoms with E-state index in [0.717, 1.165) is 0 Å². The first kappa shape index (κ1) is 13.6. The zero-order chi connectivity index (χ0) is 9.49. The molecule has 11 heavy (non-hydrogen) atoms. The Morgan fingerprint density at radius 2 is 1.64 bits per heavy atom. The normalized spacial score (nSPS) is 10.8. The van der Waals surface area contributed by atoms with E-state index in [1.165, 1.54) is 6.92 Å². The van der Waals surface area contributed by atoms with Crippen molar-refractivity contribution < 1.29 is 18.9 Å². The van der Waals surface area contributed by atoms with Gasteiger partial charge >= 0.3 is 7.82 Å². The summed E-state index contributed by atoms with van der Waals surface area (Å²) in [6.45, 7) is 1.56. The zero-order valence-electron chi connectivity index (χ0n) is 7.31. The Hall–Kier alpha value is 0.0700. The van der Waals surface area contributed by atoms with Crippen LogP contribution < -0.4 is 0 Å². The minimum Gasteiger partial charge on any atom is -0.312 e. The third kappa shape index (κ3) is 39.6. The van der Waals surface area contributed by atoms with E-state index in [1.54, 1.807) is 0 Å². The molecular formula is C5H16NO4P. The van der Waals surface area contributed by atoms with Crippen molar-refractivity contribution in [3.63, 3.8) is 0 Å². The van der Waals surface area contributed by atoms with Gasteiger partial charge in [-0.05, 0) is 28.1 Å². The Morgan fingerprint density at radius 1 is 1.36 bits per heavy atom. The summed E-state index contributed by atoms with van der Waals surface area (Å²) < 4.78 is 13.6. The van der Waals surface area contributed by atoms with E-state index in [2.05, 4.69) is 4.52 Å². The Bertz CT molecular complexity index is 119. The lowest BCUT2D eigenvalue weighted by molar-refractivity contribution is 0.206. The quantitative estimate of drug-likeness (QED) is 0.605. The summed E-state index contributed by atoms with van der Waals surface area (Å²) in [5, 5.41) is 0. The molecule has 5 nitrogen and oxygen atoms in total. The van der Waals surface area contributed by atoms with Gasteiger partial charge in [0.2, 0.25) is 0 Å². The predicted octanol–water partition coefficient (Wildman–Crippen LogP) is 0.293. The van der Waals surface area contributed by atoms with Crippen molar-refractivity contribution in [3.8, 4) is 0 Å². The van der Waals surface area contributed by atoms with E-state index in [4.69, 9.17) is 9.79 Å². The highest BCUT2D eigenvalue weighted by atomic mass is 31.2. The van der Waals surface area contributed by atoms with Gasteiger partial charge < -0.3 is 14.7 Å². The van der Waals surface area contributed by atoms with Gasteiger partial charge in [0.15, 0.2) is 0 Å². The highest BCUT2D eigenvalue weighted by molar-refractivity contribution is 7.46. The number of nitrogens with zero attached hydrogens (tertiary/aromatic N) is 1. The summed E-state index contributed by atoms with van der Waals surface area (Å²) in [4.78, 5) is 17.8. The van der Waals surface area contributed by atoms with Crippen LogP contribution in [0.1, 0.15) is 6.92 Å². The predicted molar refractivity (Wildman–Crippen MR) is 43.3 cm³/mol. The van der Waals surface area contributed by atoms with Gasteiger partial charge in [-0.3, -0.25) is 4.52 Å². The molecule has 0 spiro atoms. The molecule has 0 aromatic heterocycles. The second kappa shape index (κ2) is 6.76. The van der Waals surface area contributed by atoms with E-state index in [9.17, 15) is 4.57 Å². The van der Waals surface area contributed by atoms with Gasteiger partial charge in [-0.1, -0.05) is 0 Å². The Kier molecular flexibility index (Phi) is 8.39. The molecule has 0 atom stereocenters. The molecule has 0 saturated carbocycles. The van der Waals surface area contributed by atoms with Gasteiger partial charge in [-0.2, -0.15) is 0 Å². The molecule has 0 aliphatic heterocycles. The average molecular weight is 185 g/mol. The maximum Gasteiger partial charge on any atom is 0.469 e. The fraction of sp³-hybridized carbons (Fsp3) is 1.00. The van der Waals surface area contributed by atoms with Gasteiger partial charge in [0, 0.05) is 0 Å². The summed E-state index contributed by atoms with van der Waals surface area (Å²) in [5.41, 5.74) is 0. The van der Waals surface area contributed by atoms with Crippen molar-refractivity contribution in [1.82, 2.24) is 4.90 Å². The van der Waals surface area contributed by atoms with Crippen LogP contribution >= 0.6 is 7.82 Å². The summed E-state index contributed by atoms with van der Waals surface area (Å²) in [6.07, 6.45) is 0. The lowest BCUT2D eigenvalue weighted by Crippen LogP contribution is -1.99. The summed E-state index contributed by atoms with van der Waals surface area (Å²) in [7, 11) is 1.83. The monoisotopic (exact) mass is 185 g/mol. The maximum absolute atomic E-state index is 9.70. The molecule has 0 rings (SSSR count). The minimum atomic E-state index is -4.17.